The first-order valence-corrected chi connectivity index (χ1v) is 21.7. The molecule has 2 heterocycles. The van der Waals surface area contributed by atoms with Crippen molar-refractivity contribution in [3.63, 3.8) is 0 Å². The zero-order valence-corrected chi connectivity index (χ0v) is 37.7. The Balaban J connectivity index is 1.73. The van der Waals surface area contributed by atoms with E-state index >= 15 is 0 Å². The third kappa shape index (κ3) is 21.5. The van der Waals surface area contributed by atoms with Crippen LogP contribution in [0, 0.1) is 0 Å². The molecule has 9 N–H and O–H groups in total. The van der Waals surface area contributed by atoms with Gasteiger partial charge in [-0.05, 0) is 36.8 Å². The summed E-state index contributed by atoms with van der Waals surface area (Å²) >= 11 is 0. The van der Waals surface area contributed by atoms with Gasteiger partial charge in [0.25, 0.3) is 0 Å². The summed E-state index contributed by atoms with van der Waals surface area (Å²) in [5.74, 6) is -7.03. The van der Waals surface area contributed by atoms with Gasteiger partial charge < -0.3 is 51.3 Å². The van der Waals surface area contributed by atoms with E-state index < -0.39 is 72.4 Å². The number of aromatic nitrogens is 3. The van der Waals surface area contributed by atoms with Gasteiger partial charge in [0.15, 0.2) is 0 Å². The maximum atomic E-state index is 12.4. The maximum Gasteiger partial charge on any atom is 0.326 e. The summed E-state index contributed by atoms with van der Waals surface area (Å²) in [4.78, 5) is 116. The molecule has 3 atom stereocenters. The molecule has 1 aliphatic rings. The molecule has 67 heavy (non-hydrogen) atoms. The smallest absolute Gasteiger partial charge is 0.326 e. The maximum absolute atomic E-state index is 12.4. The van der Waals surface area contributed by atoms with E-state index in [9.17, 15) is 69.0 Å². The van der Waals surface area contributed by atoms with Crippen LogP contribution in [-0.2, 0) is 52.8 Å². The normalized spacial score (nSPS) is 16.7. The zero-order chi connectivity index (χ0) is 49.6. The van der Waals surface area contributed by atoms with Gasteiger partial charge in [-0.1, -0.05) is 37.1 Å². The first-order chi connectivity index (χ1) is 31.7. The zero-order valence-electron chi connectivity index (χ0n) is 37.7. The van der Waals surface area contributed by atoms with Crippen molar-refractivity contribution < 1.29 is 74.1 Å². The van der Waals surface area contributed by atoms with E-state index in [4.69, 9.17) is 5.11 Å². The molecule has 1 fully saturated rings. The van der Waals surface area contributed by atoms with Crippen molar-refractivity contribution in [1.82, 2.24) is 45.2 Å². The van der Waals surface area contributed by atoms with E-state index in [1.165, 1.54) is 0 Å². The van der Waals surface area contributed by atoms with Crippen LogP contribution < -0.4 is 15.5 Å². The van der Waals surface area contributed by atoms with Crippen LogP contribution in [0.15, 0.2) is 24.3 Å². The number of anilines is 1. The number of aliphatic carboxylic acids is 7. The van der Waals surface area contributed by atoms with Gasteiger partial charge in [0, 0.05) is 85.2 Å². The Morgan fingerprint density at radius 3 is 1.61 bits per heavy atom. The van der Waals surface area contributed by atoms with Crippen LogP contribution in [0.1, 0.15) is 61.3 Å². The van der Waals surface area contributed by atoms with E-state index in [0.717, 1.165) is 11.1 Å². The largest absolute Gasteiger partial charge is 0.481 e. The minimum Gasteiger partial charge on any atom is -0.481 e. The molecule has 370 valence electrons. The number of rotatable bonds is 26. The number of carbonyl (C=O) groups excluding carboxylic acids is 1. The molecule has 2 aromatic rings. The highest BCUT2D eigenvalue weighted by molar-refractivity contribution is 5.86. The highest BCUT2D eigenvalue weighted by atomic mass is 16.4. The molecule has 1 unspecified atom stereocenters. The highest BCUT2D eigenvalue weighted by Crippen LogP contribution is 2.17. The van der Waals surface area contributed by atoms with E-state index in [1.54, 1.807) is 38.6 Å². The lowest BCUT2D eigenvalue weighted by Gasteiger charge is -2.37. The second kappa shape index (κ2) is 27.8. The van der Waals surface area contributed by atoms with Crippen LogP contribution >= 0.6 is 0 Å². The van der Waals surface area contributed by atoms with Crippen LogP contribution in [-0.4, -0.2) is 222 Å². The Labute approximate surface area is 386 Å². The van der Waals surface area contributed by atoms with Crippen LogP contribution in [0.4, 0.5) is 10.7 Å². The summed E-state index contributed by atoms with van der Waals surface area (Å²) < 4.78 is 0. The van der Waals surface area contributed by atoms with Crippen LogP contribution in [0.2, 0.25) is 0 Å². The number of urea groups is 1. The van der Waals surface area contributed by atoms with Crippen molar-refractivity contribution in [2.45, 2.75) is 75.9 Å². The predicted molar refractivity (Wildman–Crippen MR) is 236 cm³/mol. The number of benzene rings is 1. The number of carbonyl (C=O) groups is 8. The Bertz CT molecular complexity index is 2010. The first-order valence-electron chi connectivity index (χ1n) is 21.7. The summed E-state index contributed by atoms with van der Waals surface area (Å²) in [6.07, 6.45) is 1.66. The Morgan fingerprint density at radius 2 is 1.09 bits per heavy atom. The number of carboxylic acids is 7. The van der Waals surface area contributed by atoms with E-state index in [1.807, 2.05) is 24.3 Å². The second-order valence-corrected chi connectivity index (χ2v) is 16.5. The lowest BCUT2D eigenvalue weighted by molar-refractivity contribution is -0.142. The molecule has 25 heteroatoms. The summed E-state index contributed by atoms with van der Waals surface area (Å²) in [5, 5.41) is 70.9. The summed E-state index contributed by atoms with van der Waals surface area (Å²) in [7, 11) is 3.56. The number of hydrogen-bond donors (Lipinski definition) is 9. The molecule has 1 saturated heterocycles. The molecule has 1 aliphatic heterocycles. The van der Waals surface area contributed by atoms with Crippen molar-refractivity contribution >= 4 is 53.8 Å². The molecular formula is C42H62N10O15. The van der Waals surface area contributed by atoms with Gasteiger partial charge in [-0.2, -0.15) is 9.97 Å². The van der Waals surface area contributed by atoms with Gasteiger partial charge in [0.05, 0.1) is 26.2 Å². The fourth-order valence-corrected chi connectivity index (χ4v) is 7.40. The average molecular weight is 947 g/mol. The van der Waals surface area contributed by atoms with Crippen molar-refractivity contribution in [3.8, 4) is 0 Å². The van der Waals surface area contributed by atoms with Crippen molar-refractivity contribution in [3.05, 3.63) is 47.0 Å². The Hall–Kier alpha value is -6.57. The molecule has 0 radical (unpaired) electrons. The first kappa shape index (κ1) is 54.8. The lowest BCUT2D eigenvalue weighted by Crippen LogP contribution is -2.53. The molecule has 1 aromatic carbocycles. The third-order valence-electron chi connectivity index (χ3n) is 10.8. The molecular weight excluding hydrogens is 885 g/mol. The van der Waals surface area contributed by atoms with Crippen molar-refractivity contribution in [2.75, 3.05) is 91.0 Å². The monoisotopic (exact) mass is 946 g/mol. The molecule has 0 spiro atoms. The fraction of sp³-hybridized carbons (Fsp3) is 0.595. The molecule has 0 bridgehead atoms. The van der Waals surface area contributed by atoms with Gasteiger partial charge in [0.2, 0.25) is 5.95 Å². The summed E-state index contributed by atoms with van der Waals surface area (Å²) in [6, 6.07) is 3.08. The average Bonchev–Trinajstić information content (AvgIpc) is 3.22. The van der Waals surface area contributed by atoms with Gasteiger partial charge in [-0.3, -0.25) is 43.6 Å². The summed E-state index contributed by atoms with van der Waals surface area (Å²) in [5.41, 5.74) is 1.66. The van der Waals surface area contributed by atoms with Crippen LogP contribution in [0.3, 0.4) is 0 Å². The Morgan fingerprint density at radius 1 is 0.597 bits per heavy atom. The second-order valence-electron chi connectivity index (χ2n) is 16.5. The minimum absolute atomic E-state index is 0.0364. The highest BCUT2D eigenvalue weighted by Gasteiger charge is 2.28. The van der Waals surface area contributed by atoms with Gasteiger partial charge >= 0.3 is 47.8 Å². The van der Waals surface area contributed by atoms with Gasteiger partial charge in [-0.25, -0.2) is 19.4 Å². The topological polar surface area (TPSA) is 357 Å². The van der Waals surface area contributed by atoms with Gasteiger partial charge in [0.1, 0.15) is 23.7 Å². The van der Waals surface area contributed by atoms with Crippen molar-refractivity contribution in [2.24, 2.45) is 0 Å². The SMILES string of the molecule is CN(C)c1nc(CCCCC[C@H](NC(=O)N[C@@H](CCC(=O)O)C(=O)O)C(=O)O)nc(Cc2ccc(CC3CN(CC(=O)O)CCN(CC(=O)O)CCN(CC(=O)O)CCN3CC(=O)O)cc2)n1. The van der Waals surface area contributed by atoms with E-state index in [0.29, 0.717) is 56.1 Å². The molecule has 1 aromatic heterocycles. The standard InChI is InChI=1S/C42H62N10O15/c1-48(2)41-46-32(7-5-3-4-6-30(39(63)64)43-42(67)44-31(40(65)66)12-13-34(53)54)45-33(47-41)21-28-10-8-27(9-11-28)20-29-22-51(25-37(59)60)17-16-49(23-35(55)56)14-15-50(24-36(57)58)18-19-52(29)26-38(61)62/h8-11,29-31H,3-7,12-26H2,1-2H3,(H,53,54)(H,55,56)(H,57,58)(H,59,60)(H,61,62)(H,63,64)(H,65,66)(H2,43,44,67)/t29?,30-,31-/m0/s1. The van der Waals surface area contributed by atoms with E-state index in [2.05, 4.69) is 25.6 Å². The molecule has 3 rings (SSSR count). The number of unbranched alkanes of at least 4 members (excludes halogenated alkanes) is 2. The van der Waals surface area contributed by atoms with Crippen molar-refractivity contribution in [1.29, 1.82) is 0 Å². The molecule has 25 nitrogen and oxygen atoms in total. The number of nitrogens with zero attached hydrogens (tertiary/aromatic N) is 8. The predicted octanol–water partition coefficient (Wildman–Crippen LogP) is -0.827. The van der Waals surface area contributed by atoms with Gasteiger partial charge in [-0.15, -0.1) is 0 Å². The quantitative estimate of drug-likeness (QED) is 0.0520. The molecule has 2 amide bonds. The van der Waals surface area contributed by atoms with E-state index in [-0.39, 0.29) is 84.8 Å². The number of hydrogen-bond acceptors (Lipinski definition) is 16. The number of amides is 2. The lowest BCUT2D eigenvalue weighted by atomic mass is 10.0. The third-order valence-corrected chi connectivity index (χ3v) is 10.8. The summed E-state index contributed by atoms with van der Waals surface area (Å²) in [6.45, 7) is -0.235. The number of aryl methyl sites for hydroxylation is 1. The van der Waals surface area contributed by atoms with Crippen LogP contribution in [0.5, 0.6) is 0 Å². The fourth-order valence-electron chi connectivity index (χ4n) is 7.40. The minimum atomic E-state index is -1.52. The Kier molecular flexibility index (Phi) is 22.7. The number of nitrogens with one attached hydrogen (secondary N) is 2. The molecule has 0 saturated carbocycles. The molecule has 0 aliphatic carbocycles. The number of carboxylic acid groups (broad SMARTS) is 7. The van der Waals surface area contributed by atoms with Crippen LogP contribution in [0.25, 0.3) is 0 Å².